The summed E-state index contributed by atoms with van der Waals surface area (Å²) in [5.74, 6) is 0. The third-order valence-electron chi connectivity index (χ3n) is 3.10. The van der Waals surface area contributed by atoms with Gasteiger partial charge >= 0.3 is 26.8 Å². The first-order valence-corrected chi connectivity index (χ1v) is 9.24. The summed E-state index contributed by atoms with van der Waals surface area (Å²) < 4.78 is 0. The molecule has 4 aromatic rings. The molecule has 0 saturated heterocycles. The SMILES string of the molecule is [CH3-].[CH3-].[CH3-].[CH3-].[Si]=[Ti].c1ccc2[cH-]ccc2c1.c1ccc2[cH-]ccc2c1. The van der Waals surface area contributed by atoms with E-state index >= 15 is 0 Å². The Morgan fingerprint density at radius 1 is 0.542 bits per heavy atom. The molecule has 0 nitrogen and oxygen atoms in total. The van der Waals surface area contributed by atoms with E-state index in [9.17, 15) is 0 Å². The van der Waals surface area contributed by atoms with Crippen LogP contribution < -0.4 is 0 Å². The zero-order valence-electron chi connectivity index (χ0n) is 15.1. The fraction of sp³-hybridized carbons (Fsp3) is 0. The number of benzene rings is 2. The van der Waals surface area contributed by atoms with Crippen molar-refractivity contribution in [1.29, 1.82) is 0 Å². The molecule has 0 aliphatic rings. The van der Waals surface area contributed by atoms with Gasteiger partial charge in [0.25, 0.3) is 0 Å². The zero-order chi connectivity index (χ0) is 14.2. The van der Waals surface area contributed by atoms with Crippen molar-refractivity contribution < 1.29 is 19.2 Å². The van der Waals surface area contributed by atoms with Crippen LogP contribution in [0, 0.1) is 29.7 Å². The third kappa shape index (κ3) is 7.44. The van der Waals surface area contributed by atoms with E-state index in [1.54, 1.807) is 19.2 Å². The second-order valence-corrected chi connectivity index (χ2v) is 4.31. The number of rotatable bonds is 0. The molecule has 0 aliphatic carbocycles. The molecule has 2 heteroatoms. The standard InChI is InChI=1S/2C9H7.4CH3.Si.Ti/c2*1-2-5-9-7-3-6-8(9)4-1;;;;;;/h2*1-7H;4*1H3;;/q6*-1;;. The minimum absolute atomic E-state index is 0. The van der Waals surface area contributed by atoms with Gasteiger partial charge in [-0.1, -0.05) is 12.1 Å². The van der Waals surface area contributed by atoms with Crippen LogP contribution in [0.1, 0.15) is 0 Å². The molecule has 0 fully saturated rings. The van der Waals surface area contributed by atoms with Crippen LogP contribution in [0.15, 0.2) is 84.9 Å². The predicted octanol–water partition coefficient (Wildman–Crippen LogP) is 6.54. The quantitative estimate of drug-likeness (QED) is 0.245. The molecule has 4 rings (SSSR count). The van der Waals surface area contributed by atoms with E-state index in [2.05, 4.69) is 92.6 Å². The van der Waals surface area contributed by atoms with E-state index in [1.165, 1.54) is 21.5 Å². The van der Waals surface area contributed by atoms with Crippen LogP contribution in [0.4, 0.5) is 0 Å². The summed E-state index contributed by atoms with van der Waals surface area (Å²) in [6.07, 6.45) is 0. The minimum Gasteiger partial charge on any atom is -0.168 e. The Balaban J connectivity index is -0.000000290. The van der Waals surface area contributed by atoms with Crippen molar-refractivity contribution in [2.45, 2.75) is 0 Å². The third-order valence-corrected chi connectivity index (χ3v) is 3.10. The maximum atomic E-state index is 2.97. The van der Waals surface area contributed by atoms with Crippen molar-refractivity contribution in [2.24, 2.45) is 0 Å². The van der Waals surface area contributed by atoms with Crippen LogP contribution in [0.25, 0.3) is 21.5 Å². The Hall–Kier alpha value is -1.41. The van der Waals surface area contributed by atoms with Gasteiger partial charge in [-0.05, 0) is 0 Å². The van der Waals surface area contributed by atoms with E-state index in [1.807, 2.05) is 0 Å². The van der Waals surface area contributed by atoms with Gasteiger partial charge in [-0.3, -0.25) is 0 Å². The van der Waals surface area contributed by atoms with Gasteiger partial charge in [-0.2, -0.15) is 35.0 Å². The minimum atomic E-state index is 0. The first kappa shape index (κ1) is 27.4. The van der Waals surface area contributed by atoms with E-state index in [4.69, 9.17) is 0 Å². The Morgan fingerprint density at radius 2 is 0.875 bits per heavy atom. The van der Waals surface area contributed by atoms with Gasteiger partial charge < -0.3 is 29.7 Å². The molecule has 0 aliphatic heterocycles. The summed E-state index contributed by atoms with van der Waals surface area (Å²) in [5.41, 5.74) is 0. The Labute approximate surface area is 162 Å². The zero-order valence-corrected chi connectivity index (χ0v) is 17.6. The second-order valence-electron chi connectivity index (χ2n) is 4.31. The molecule has 0 unspecified atom stereocenters. The van der Waals surface area contributed by atoms with E-state index in [0.717, 1.165) is 0 Å². The van der Waals surface area contributed by atoms with Crippen LogP contribution in [0.5, 0.6) is 0 Å². The normalized spacial score (nSPS) is 7.79. The first-order chi connectivity index (χ1) is 9.93. The number of fused-ring (bicyclic) bond motifs is 2. The predicted molar refractivity (Wildman–Crippen MR) is 110 cm³/mol. The van der Waals surface area contributed by atoms with Crippen LogP contribution in [-0.4, -0.2) is 7.63 Å². The largest absolute Gasteiger partial charge is 0.168 e. The van der Waals surface area contributed by atoms with Crippen molar-refractivity contribution in [1.82, 2.24) is 0 Å². The van der Waals surface area contributed by atoms with Gasteiger partial charge in [0.15, 0.2) is 0 Å². The average molecular weight is 366 g/mol. The van der Waals surface area contributed by atoms with Gasteiger partial charge in [0.1, 0.15) is 0 Å². The molecule has 0 bridgehead atoms. The smallest absolute Gasteiger partial charge is 0.0809 e. The molecule has 0 heterocycles. The van der Waals surface area contributed by atoms with E-state index in [-0.39, 0.29) is 29.7 Å². The Kier molecular flexibility index (Phi) is 17.3. The number of hydrogen-bond acceptors (Lipinski definition) is 0. The Bertz CT molecular complexity index is 641. The van der Waals surface area contributed by atoms with Gasteiger partial charge in [-0.15, -0.1) is 59.3 Å². The van der Waals surface area contributed by atoms with Crippen LogP contribution >= 0.6 is 0 Å². The van der Waals surface area contributed by atoms with Crippen LogP contribution in [0.2, 0.25) is 0 Å². The van der Waals surface area contributed by atoms with Crippen molar-refractivity contribution in [3.05, 3.63) is 115 Å². The summed E-state index contributed by atoms with van der Waals surface area (Å²) in [6.45, 7) is 0. The van der Waals surface area contributed by atoms with Gasteiger partial charge in [0.2, 0.25) is 0 Å². The topological polar surface area (TPSA) is 0 Å². The maximum absolute atomic E-state index is 2.97. The number of hydrogen-bond donors (Lipinski definition) is 0. The van der Waals surface area contributed by atoms with Gasteiger partial charge in [0.05, 0.1) is 0 Å². The molecular weight excluding hydrogens is 340 g/mol. The monoisotopic (exact) mass is 366 g/mol. The maximum Gasteiger partial charge on any atom is -0.0809 e. The van der Waals surface area contributed by atoms with Crippen molar-refractivity contribution in [3.63, 3.8) is 0 Å². The fourth-order valence-electron chi connectivity index (χ4n) is 2.14. The molecule has 24 heavy (non-hydrogen) atoms. The molecule has 4 aromatic carbocycles. The fourth-order valence-corrected chi connectivity index (χ4v) is 2.14. The molecule has 0 amide bonds. The summed E-state index contributed by atoms with van der Waals surface area (Å²) in [5, 5.41) is 5.32. The van der Waals surface area contributed by atoms with E-state index in [0.29, 0.717) is 0 Å². The molecule has 0 saturated carbocycles. The second kappa shape index (κ2) is 15.1. The summed E-state index contributed by atoms with van der Waals surface area (Å²) in [4.78, 5) is 0. The summed E-state index contributed by atoms with van der Waals surface area (Å²) in [6, 6.07) is 29.3. The van der Waals surface area contributed by atoms with Crippen molar-refractivity contribution in [2.75, 3.05) is 0 Å². The first-order valence-electron chi connectivity index (χ1n) is 6.39. The molecule has 2 radical (unpaired) electrons. The van der Waals surface area contributed by atoms with Crippen molar-refractivity contribution in [3.8, 4) is 0 Å². The van der Waals surface area contributed by atoms with E-state index < -0.39 is 0 Å². The van der Waals surface area contributed by atoms with Gasteiger partial charge in [-0.25, -0.2) is 0 Å². The average Bonchev–Trinajstić information content (AvgIpc) is 3.18. The molecule has 0 spiro atoms. The van der Waals surface area contributed by atoms with Crippen LogP contribution in [0.3, 0.4) is 0 Å². The Morgan fingerprint density at radius 3 is 1.21 bits per heavy atom. The molecule has 0 aromatic heterocycles. The summed E-state index contributed by atoms with van der Waals surface area (Å²) >= 11 is 1.81. The molecule has 0 atom stereocenters. The molecule has 128 valence electrons. The molecule has 0 N–H and O–H groups in total. The molecular formula is C22H26SiTi-6. The van der Waals surface area contributed by atoms with Crippen LogP contribution in [-0.2, 0) is 19.2 Å². The summed E-state index contributed by atoms with van der Waals surface area (Å²) in [7, 11) is 2.97. The van der Waals surface area contributed by atoms with Crippen molar-refractivity contribution >= 4 is 29.2 Å². The van der Waals surface area contributed by atoms with Gasteiger partial charge in [0, 0.05) is 0 Å².